The van der Waals surface area contributed by atoms with Crippen molar-refractivity contribution < 1.29 is 22.7 Å². The van der Waals surface area contributed by atoms with Crippen LogP contribution in [0.5, 0.6) is 5.75 Å². The maximum Gasteiger partial charge on any atom is 0.416 e. The molecule has 33 heavy (non-hydrogen) atoms. The molecule has 0 fully saturated rings. The summed E-state index contributed by atoms with van der Waals surface area (Å²) >= 11 is 1.17. The van der Waals surface area contributed by atoms with Crippen molar-refractivity contribution in [2.45, 2.75) is 25.2 Å². The molecule has 0 aliphatic rings. The van der Waals surface area contributed by atoms with Crippen molar-refractivity contribution in [2.75, 3.05) is 42.6 Å². The molecule has 3 rings (SSSR count). The smallest absolute Gasteiger partial charge is 0.416 e. The van der Waals surface area contributed by atoms with Gasteiger partial charge >= 0.3 is 6.18 Å². The summed E-state index contributed by atoms with van der Waals surface area (Å²) in [5.41, 5.74) is -0.748. The van der Waals surface area contributed by atoms with Gasteiger partial charge in [0.1, 0.15) is 12.4 Å². The third-order valence-electron chi connectivity index (χ3n) is 4.12. The largest absolute Gasteiger partial charge is 0.492 e. The number of hydrogen-bond acceptors (Lipinski definition) is 9. The molecule has 0 bridgehead atoms. The monoisotopic (exact) mass is 484 g/mol. The summed E-state index contributed by atoms with van der Waals surface area (Å²) in [6.45, 7) is 5.44. The molecule has 0 spiro atoms. The molecule has 0 saturated carbocycles. The first-order chi connectivity index (χ1) is 15.8. The van der Waals surface area contributed by atoms with Gasteiger partial charge < -0.3 is 20.7 Å². The fourth-order valence-electron chi connectivity index (χ4n) is 2.68. The van der Waals surface area contributed by atoms with E-state index >= 15 is 0 Å². The highest BCUT2D eigenvalue weighted by Crippen LogP contribution is 2.30. The van der Waals surface area contributed by atoms with E-state index in [1.807, 2.05) is 13.8 Å². The van der Waals surface area contributed by atoms with E-state index in [0.717, 1.165) is 12.1 Å². The summed E-state index contributed by atoms with van der Waals surface area (Å²) in [6.07, 6.45) is -4.39. The Balaban J connectivity index is 1.49. The highest BCUT2D eigenvalue weighted by Gasteiger charge is 2.30. The molecule has 0 unspecified atom stereocenters. The summed E-state index contributed by atoms with van der Waals surface area (Å²) in [5, 5.41) is 17.5. The zero-order chi connectivity index (χ0) is 23.8. The van der Waals surface area contributed by atoms with E-state index in [-0.39, 0.29) is 30.6 Å². The first-order valence-corrected chi connectivity index (χ1v) is 11.1. The van der Waals surface area contributed by atoms with Crippen molar-refractivity contribution in [3.05, 3.63) is 29.8 Å². The molecule has 0 saturated heterocycles. The highest BCUT2D eigenvalue weighted by atomic mass is 32.2. The lowest BCUT2D eigenvalue weighted by Crippen LogP contribution is -2.29. The van der Waals surface area contributed by atoms with Gasteiger partial charge in [-0.1, -0.05) is 11.8 Å². The third-order valence-corrected chi connectivity index (χ3v) is 5.05. The summed E-state index contributed by atoms with van der Waals surface area (Å²) < 4.78 is 44.7. The summed E-state index contributed by atoms with van der Waals surface area (Å²) in [4.78, 5) is 20.9. The Morgan fingerprint density at radius 2 is 1.82 bits per heavy atom. The molecule has 0 aliphatic heterocycles. The van der Waals surface area contributed by atoms with Gasteiger partial charge in [-0.05, 0) is 38.1 Å². The average molecular weight is 485 g/mol. The lowest BCUT2D eigenvalue weighted by Gasteiger charge is -2.10. The molecule has 1 aromatic carbocycles. The van der Waals surface area contributed by atoms with Gasteiger partial charge in [-0.3, -0.25) is 4.79 Å². The van der Waals surface area contributed by atoms with E-state index in [2.05, 4.69) is 36.1 Å². The van der Waals surface area contributed by atoms with Crippen LogP contribution in [0.1, 0.15) is 19.4 Å². The standard InChI is InChI=1S/C19H23F3N8O2S/c1-3-23-15-26-16(24-4-2)30-17(27-15)28-29-18(30)33-11-14(31)25-9-10-32-13-7-5-12(6-8-13)19(20,21)22/h5-8H,3-4,9-11H2,1-2H3,(H,25,31)(H2,23,24,26,27,28). The molecule has 178 valence electrons. The van der Waals surface area contributed by atoms with Gasteiger partial charge in [0.05, 0.1) is 17.9 Å². The van der Waals surface area contributed by atoms with E-state index in [9.17, 15) is 18.0 Å². The van der Waals surface area contributed by atoms with Crippen LogP contribution in [0, 0.1) is 0 Å². The number of thioether (sulfide) groups is 1. The SMILES string of the molecule is CCNc1nc(NCC)n2c(SCC(=O)NCCOc3ccc(C(F)(F)F)cc3)nnc2n1. The van der Waals surface area contributed by atoms with E-state index in [0.29, 0.717) is 35.9 Å². The molecule has 10 nitrogen and oxygen atoms in total. The molecule has 3 aromatic rings. The van der Waals surface area contributed by atoms with Crippen molar-refractivity contribution in [1.29, 1.82) is 0 Å². The maximum absolute atomic E-state index is 12.6. The number of amides is 1. The van der Waals surface area contributed by atoms with Crippen LogP contribution in [0.3, 0.4) is 0 Å². The molecular formula is C19H23F3N8O2S. The Hall–Kier alpha value is -3.29. The van der Waals surface area contributed by atoms with Crippen LogP contribution in [-0.4, -0.2) is 62.5 Å². The van der Waals surface area contributed by atoms with Gasteiger partial charge in [0.2, 0.25) is 17.8 Å². The van der Waals surface area contributed by atoms with E-state index in [1.165, 1.54) is 23.9 Å². The number of rotatable bonds is 11. The third kappa shape index (κ3) is 6.60. The highest BCUT2D eigenvalue weighted by molar-refractivity contribution is 7.99. The molecule has 0 atom stereocenters. The van der Waals surface area contributed by atoms with Gasteiger partial charge in [0.15, 0.2) is 5.16 Å². The van der Waals surface area contributed by atoms with Gasteiger partial charge in [0.25, 0.3) is 5.78 Å². The topological polar surface area (TPSA) is 118 Å². The van der Waals surface area contributed by atoms with Crippen molar-refractivity contribution in [1.82, 2.24) is 29.9 Å². The molecule has 1 amide bonds. The van der Waals surface area contributed by atoms with Crippen LogP contribution in [0.4, 0.5) is 25.1 Å². The van der Waals surface area contributed by atoms with Crippen LogP contribution < -0.4 is 20.7 Å². The van der Waals surface area contributed by atoms with E-state index in [1.54, 1.807) is 4.40 Å². The number of halogens is 3. The Morgan fingerprint density at radius 1 is 1.09 bits per heavy atom. The number of anilines is 2. The molecule has 2 aromatic heterocycles. The van der Waals surface area contributed by atoms with Crippen molar-refractivity contribution in [3.8, 4) is 5.75 Å². The molecule has 2 heterocycles. The summed E-state index contributed by atoms with van der Waals surface area (Å²) in [7, 11) is 0. The number of carbonyl (C=O) groups excluding carboxylic acids is 1. The minimum absolute atomic E-state index is 0.0710. The number of ether oxygens (including phenoxy) is 1. The zero-order valence-electron chi connectivity index (χ0n) is 17.9. The first kappa shape index (κ1) is 24.4. The number of aromatic nitrogens is 5. The average Bonchev–Trinajstić information content (AvgIpc) is 3.19. The van der Waals surface area contributed by atoms with Crippen LogP contribution in [0.2, 0.25) is 0 Å². The van der Waals surface area contributed by atoms with Crippen molar-refractivity contribution >= 4 is 35.3 Å². The molecule has 3 N–H and O–H groups in total. The van der Waals surface area contributed by atoms with Gasteiger partial charge in [-0.2, -0.15) is 23.1 Å². The van der Waals surface area contributed by atoms with Crippen molar-refractivity contribution in [3.63, 3.8) is 0 Å². The normalized spacial score (nSPS) is 11.4. The fourth-order valence-corrected chi connectivity index (χ4v) is 3.44. The number of nitrogens with one attached hydrogen (secondary N) is 3. The second kappa shape index (κ2) is 11.0. The quantitative estimate of drug-likeness (QED) is 0.279. The number of benzene rings is 1. The zero-order valence-corrected chi connectivity index (χ0v) is 18.8. The lowest BCUT2D eigenvalue weighted by atomic mass is 10.2. The number of alkyl halides is 3. The predicted molar refractivity (Wildman–Crippen MR) is 118 cm³/mol. The van der Waals surface area contributed by atoms with E-state index in [4.69, 9.17) is 4.74 Å². The Kier molecular flexibility index (Phi) is 8.14. The lowest BCUT2D eigenvalue weighted by molar-refractivity contribution is -0.137. The van der Waals surface area contributed by atoms with Crippen LogP contribution in [-0.2, 0) is 11.0 Å². The summed E-state index contributed by atoms with van der Waals surface area (Å²) in [5.74, 6) is 1.39. The predicted octanol–water partition coefficient (Wildman–Crippen LogP) is 2.69. The maximum atomic E-state index is 12.6. The number of carbonyl (C=O) groups is 1. The van der Waals surface area contributed by atoms with E-state index < -0.39 is 11.7 Å². The Morgan fingerprint density at radius 3 is 2.48 bits per heavy atom. The van der Waals surface area contributed by atoms with Crippen LogP contribution in [0.15, 0.2) is 29.4 Å². The second-order valence-electron chi connectivity index (χ2n) is 6.56. The number of fused-ring (bicyclic) bond motifs is 1. The first-order valence-electron chi connectivity index (χ1n) is 10.1. The number of hydrogen-bond donors (Lipinski definition) is 3. The molecule has 0 aliphatic carbocycles. The minimum Gasteiger partial charge on any atom is -0.492 e. The minimum atomic E-state index is -4.39. The van der Waals surface area contributed by atoms with Gasteiger partial charge in [-0.15, -0.1) is 10.2 Å². The van der Waals surface area contributed by atoms with Crippen molar-refractivity contribution in [2.24, 2.45) is 0 Å². The van der Waals surface area contributed by atoms with Gasteiger partial charge in [-0.25, -0.2) is 4.40 Å². The van der Waals surface area contributed by atoms with Gasteiger partial charge in [0, 0.05) is 13.1 Å². The summed E-state index contributed by atoms with van der Waals surface area (Å²) in [6, 6.07) is 4.37. The second-order valence-corrected chi connectivity index (χ2v) is 7.50. The Labute approximate surface area is 191 Å². The molecule has 0 radical (unpaired) electrons. The number of nitrogens with zero attached hydrogens (tertiary/aromatic N) is 5. The Bertz CT molecular complexity index is 1080. The molecule has 14 heteroatoms. The van der Waals surface area contributed by atoms with Crippen LogP contribution >= 0.6 is 11.8 Å². The molecular weight excluding hydrogens is 461 g/mol. The van der Waals surface area contributed by atoms with Crippen LogP contribution in [0.25, 0.3) is 5.78 Å². The fraction of sp³-hybridized carbons (Fsp3) is 0.421.